The summed E-state index contributed by atoms with van der Waals surface area (Å²) in [5.41, 5.74) is 1.05. The van der Waals surface area contributed by atoms with Crippen LogP contribution < -0.4 is 10.1 Å². The first-order valence-electron chi connectivity index (χ1n) is 4.56. The Morgan fingerprint density at radius 1 is 1.64 bits per heavy atom. The molecule has 0 aliphatic heterocycles. The van der Waals surface area contributed by atoms with Gasteiger partial charge in [-0.15, -0.1) is 11.6 Å². The highest BCUT2D eigenvalue weighted by Crippen LogP contribution is 2.12. The van der Waals surface area contributed by atoms with Crippen molar-refractivity contribution in [1.82, 2.24) is 10.3 Å². The molecule has 1 unspecified atom stereocenters. The molecule has 0 bridgehead atoms. The van der Waals surface area contributed by atoms with Crippen molar-refractivity contribution in [3.8, 4) is 5.88 Å². The number of hydrogen-bond donors (Lipinski definition) is 1. The molecule has 0 radical (unpaired) electrons. The van der Waals surface area contributed by atoms with Crippen LogP contribution >= 0.6 is 11.6 Å². The molecule has 14 heavy (non-hydrogen) atoms. The highest BCUT2D eigenvalue weighted by Gasteiger charge is 2.02. The summed E-state index contributed by atoms with van der Waals surface area (Å²) in [7, 11) is 1.62. The predicted octanol–water partition coefficient (Wildman–Crippen LogP) is 1.81. The van der Waals surface area contributed by atoms with E-state index in [1.54, 1.807) is 13.3 Å². The van der Waals surface area contributed by atoms with Crippen molar-refractivity contribution in [2.45, 2.75) is 18.8 Å². The van der Waals surface area contributed by atoms with Crippen molar-refractivity contribution in [1.29, 1.82) is 0 Å². The first-order chi connectivity index (χ1) is 6.74. The molecule has 1 heterocycles. The fraction of sp³-hybridized carbons (Fsp3) is 0.500. The van der Waals surface area contributed by atoms with Gasteiger partial charge in [-0.3, -0.25) is 0 Å². The SMILES string of the molecule is COc1ncccc1CNCC(C)Cl. The van der Waals surface area contributed by atoms with Gasteiger partial charge < -0.3 is 10.1 Å². The maximum atomic E-state index is 5.81. The number of rotatable bonds is 5. The molecule has 0 aliphatic carbocycles. The lowest BCUT2D eigenvalue weighted by Crippen LogP contribution is -2.21. The third-order valence-electron chi connectivity index (χ3n) is 1.78. The van der Waals surface area contributed by atoms with Gasteiger partial charge in [-0.2, -0.15) is 0 Å². The Bertz CT molecular complexity index is 279. The van der Waals surface area contributed by atoms with Crippen LogP contribution in [0.5, 0.6) is 5.88 Å². The maximum absolute atomic E-state index is 5.81. The molecule has 1 aromatic rings. The van der Waals surface area contributed by atoms with Crippen LogP contribution in [0.1, 0.15) is 12.5 Å². The number of pyridine rings is 1. The minimum Gasteiger partial charge on any atom is -0.481 e. The summed E-state index contributed by atoms with van der Waals surface area (Å²) in [5, 5.41) is 3.36. The Kier molecular flexibility index (Phi) is 4.70. The monoisotopic (exact) mass is 214 g/mol. The van der Waals surface area contributed by atoms with Gasteiger partial charge in [0.1, 0.15) is 0 Å². The number of nitrogens with one attached hydrogen (secondary N) is 1. The molecule has 0 amide bonds. The van der Waals surface area contributed by atoms with E-state index in [-0.39, 0.29) is 5.38 Å². The van der Waals surface area contributed by atoms with Crippen molar-refractivity contribution in [2.24, 2.45) is 0 Å². The van der Waals surface area contributed by atoms with Crippen molar-refractivity contribution in [3.63, 3.8) is 0 Å². The Morgan fingerprint density at radius 2 is 2.43 bits per heavy atom. The van der Waals surface area contributed by atoms with Gasteiger partial charge in [0.25, 0.3) is 0 Å². The van der Waals surface area contributed by atoms with E-state index in [2.05, 4.69) is 10.3 Å². The van der Waals surface area contributed by atoms with Gasteiger partial charge in [0.05, 0.1) is 7.11 Å². The molecule has 4 heteroatoms. The number of alkyl halides is 1. The summed E-state index contributed by atoms with van der Waals surface area (Å²) < 4.78 is 5.12. The zero-order chi connectivity index (χ0) is 10.4. The fourth-order valence-electron chi connectivity index (χ4n) is 1.15. The lowest BCUT2D eigenvalue weighted by molar-refractivity contribution is 0.390. The molecule has 0 aliphatic rings. The van der Waals surface area contributed by atoms with Gasteiger partial charge in [-0.05, 0) is 13.0 Å². The van der Waals surface area contributed by atoms with Crippen LogP contribution in [0.3, 0.4) is 0 Å². The normalized spacial score (nSPS) is 12.5. The van der Waals surface area contributed by atoms with E-state index in [4.69, 9.17) is 16.3 Å². The zero-order valence-electron chi connectivity index (χ0n) is 8.46. The molecule has 0 saturated heterocycles. The van der Waals surface area contributed by atoms with Crippen LogP contribution in [0.2, 0.25) is 0 Å². The van der Waals surface area contributed by atoms with E-state index in [1.165, 1.54) is 0 Å². The minimum atomic E-state index is 0.137. The summed E-state index contributed by atoms with van der Waals surface area (Å²) in [4.78, 5) is 4.10. The highest BCUT2D eigenvalue weighted by molar-refractivity contribution is 6.20. The minimum absolute atomic E-state index is 0.137. The second-order valence-corrected chi connectivity index (χ2v) is 3.83. The first-order valence-corrected chi connectivity index (χ1v) is 5.00. The Labute approximate surface area is 89.4 Å². The molecule has 1 rings (SSSR count). The van der Waals surface area contributed by atoms with Crippen molar-refractivity contribution >= 4 is 11.6 Å². The van der Waals surface area contributed by atoms with Gasteiger partial charge in [0.2, 0.25) is 5.88 Å². The Morgan fingerprint density at radius 3 is 3.07 bits per heavy atom. The number of halogens is 1. The smallest absolute Gasteiger partial charge is 0.217 e. The Hall–Kier alpha value is -0.800. The standard InChI is InChI=1S/C10H15ClN2O/c1-8(11)6-12-7-9-4-3-5-13-10(9)14-2/h3-5,8,12H,6-7H2,1-2H3. The van der Waals surface area contributed by atoms with Gasteiger partial charge in [0.15, 0.2) is 0 Å². The van der Waals surface area contributed by atoms with Crippen molar-refractivity contribution in [3.05, 3.63) is 23.9 Å². The number of ether oxygens (including phenoxy) is 1. The van der Waals surface area contributed by atoms with Crippen LogP contribution in [0, 0.1) is 0 Å². The number of nitrogens with zero attached hydrogens (tertiary/aromatic N) is 1. The van der Waals surface area contributed by atoms with Gasteiger partial charge >= 0.3 is 0 Å². The summed E-state index contributed by atoms with van der Waals surface area (Å²) in [5.74, 6) is 0.669. The third-order valence-corrected chi connectivity index (χ3v) is 1.94. The molecular formula is C10H15ClN2O. The second-order valence-electron chi connectivity index (χ2n) is 3.08. The molecule has 78 valence electrons. The summed E-state index contributed by atoms with van der Waals surface area (Å²) in [6.07, 6.45) is 1.71. The largest absolute Gasteiger partial charge is 0.481 e. The molecule has 0 fully saturated rings. The van der Waals surface area contributed by atoms with Crippen LogP contribution in [0.25, 0.3) is 0 Å². The van der Waals surface area contributed by atoms with Crippen LogP contribution in [-0.2, 0) is 6.54 Å². The number of hydrogen-bond acceptors (Lipinski definition) is 3. The number of methoxy groups -OCH3 is 1. The third kappa shape index (κ3) is 3.52. The molecule has 1 atom stereocenters. The van der Waals surface area contributed by atoms with Gasteiger partial charge in [-0.25, -0.2) is 4.98 Å². The van der Waals surface area contributed by atoms with Crippen LogP contribution in [-0.4, -0.2) is 24.0 Å². The van der Waals surface area contributed by atoms with Gasteiger partial charge in [-0.1, -0.05) is 6.07 Å². The van der Waals surface area contributed by atoms with E-state index >= 15 is 0 Å². The van der Waals surface area contributed by atoms with E-state index in [0.717, 1.165) is 18.7 Å². The van der Waals surface area contributed by atoms with Crippen LogP contribution in [0.15, 0.2) is 18.3 Å². The van der Waals surface area contributed by atoms with Gasteiger partial charge in [0, 0.05) is 30.2 Å². The van der Waals surface area contributed by atoms with E-state index in [0.29, 0.717) is 5.88 Å². The molecule has 0 spiro atoms. The average Bonchev–Trinajstić information content (AvgIpc) is 2.18. The first kappa shape index (κ1) is 11.3. The lowest BCUT2D eigenvalue weighted by atomic mass is 10.2. The zero-order valence-corrected chi connectivity index (χ0v) is 9.21. The van der Waals surface area contributed by atoms with Crippen LogP contribution in [0.4, 0.5) is 0 Å². The molecule has 0 saturated carbocycles. The predicted molar refractivity (Wildman–Crippen MR) is 57.8 cm³/mol. The van der Waals surface area contributed by atoms with E-state index < -0.39 is 0 Å². The summed E-state index contributed by atoms with van der Waals surface area (Å²) in [6, 6.07) is 3.88. The van der Waals surface area contributed by atoms with E-state index in [1.807, 2.05) is 19.1 Å². The molecular weight excluding hydrogens is 200 g/mol. The maximum Gasteiger partial charge on any atom is 0.217 e. The molecule has 0 aromatic carbocycles. The number of aromatic nitrogens is 1. The topological polar surface area (TPSA) is 34.1 Å². The second kappa shape index (κ2) is 5.83. The molecule has 3 nitrogen and oxygen atoms in total. The lowest BCUT2D eigenvalue weighted by Gasteiger charge is -2.08. The Balaban J connectivity index is 2.49. The van der Waals surface area contributed by atoms with E-state index in [9.17, 15) is 0 Å². The summed E-state index contributed by atoms with van der Waals surface area (Å²) >= 11 is 5.81. The average molecular weight is 215 g/mol. The van der Waals surface area contributed by atoms with Crippen molar-refractivity contribution in [2.75, 3.05) is 13.7 Å². The fourth-order valence-corrected chi connectivity index (χ4v) is 1.26. The molecule has 1 aromatic heterocycles. The quantitative estimate of drug-likeness (QED) is 0.760. The molecule has 1 N–H and O–H groups in total. The summed E-state index contributed by atoms with van der Waals surface area (Å²) in [6.45, 7) is 3.46. The van der Waals surface area contributed by atoms with Crippen molar-refractivity contribution < 1.29 is 4.74 Å². The highest BCUT2D eigenvalue weighted by atomic mass is 35.5.